The van der Waals surface area contributed by atoms with E-state index < -0.39 is 10.1 Å². The van der Waals surface area contributed by atoms with Gasteiger partial charge >= 0.3 is 0 Å². The van der Waals surface area contributed by atoms with E-state index in [-0.39, 0.29) is 0 Å². The fourth-order valence-corrected chi connectivity index (χ4v) is 0. The Kier molecular flexibility index (Phi) is 1.44. The molecule has 0 fully saturated rings. The van der Waals surface area contributed by atoms with E-state index in [4.69, 9.17) is 9.11 Å². The summed E-state index contributed by atoms with van der Waals surface area (Å²) < 4.78 is 24.5. The molecule has 1 unspecified atom stereocenters. The molecule has 34 valence electrons. The maximum atomic E-state index is 9.29. The van der Waals surface area contributed by atoms with Crippen LogP contribution in [-0.4, -0.2) is 13.3 Å². The van der Waals surface area contributed by atoms with E-state index in [0.29, 0.717) is 0 Å². The highest BCUT2D eigenvalue weighted by atomic mass is 32.8. The first-order chi connectivity index (χ1) is 2.00. The monoisotopic (exact) mass is 116 g/mol. The summed E-state index contributed by atoms with van der Waals surface area (Å²) in [6.07, 6.45) is 0. The quantitative estimate of drug-likeness (QED) is 0.302. The van der Waals surface area contributed by atoms with Crippen molar-refractivity contribution in [2.24, 2.45) is 0 Å². The third kappa shape index (κ3) is 113. The van der Waals surface area contributed by atoms with E-state index in [2.05, 4.69) is 0 Å². The minimum Gasteiger partial charge on any atom is -0.307 e. The Morgan fingerprint density at radius 1 is 1.60 bits per heavy atom. The van der Waals surface area contributed by atoms with Gasteiger partial charge in [0.1, 0.15) is 0 Å². The van der Waals surface area contributed by atoms with Crippen LogP contribution in [0.4, 0.5) is 0 Å². The van der Waals surface area contributed by atoms with Crippen LogP contribution in [0.2, 0.25) is 0 Å². The summed E-state index contributed by atoms with van der Waals surface area (Å²) in [5, 5.41) is 0. The maximum Gasteiger partial charge on any atom is 0.0834 e. The summed E-state index contributed by atoms with van der Waals surface area (Å²) >= 11 is 0. The molecule has 0 aliphatic carbocycles. The van der Waals surface area contributed by atoms with Gasteiger partial charge in [-0.2, -0.15) is 0 Å². The Morgan fingerprint density at radius 2 is 1.60 bits per heavy atom. The van der Waals surface area contributed by atoms with Crippen LogP contribution >= 0.6 is 8.44 Å². The highest BCUT2D eigenvalue weighted by molar-refractivity contribution is 8.38. The van der Waals surface area contributed by atoms with E-state index in [0.717, 1.165) is 0 Å². The van der Waals surface area contributed by atoms with Gasteiger partial charge < -0.3 is 9.11 Å². The lowest BCUT2D eigenvalue weighted by Gasteiger charge is -1.94. The molecule has 3 nitrogen and oxygen atoms in total. The van der Waals surface area contributed by atoms with E-state index in [1.54, 1.807) is 0 Å². The summed E-state index contributed by atoms with van der Waals surface area (Å²) in [4.78, 5) is 0. The van der Waals surface area contributed by atoms with Crippen LogP contribution in [0.25, 0.3) is 0 Å². The summed E-state index contributed by atoms with van der Waals surface area (Å²) in [6, 6.07) is 0. The van der Waals surface area contributed by atoms with Crippen LogP contribution in [0, 0.1) is 0 Å². The van der Waals surface area contributed by atoms with Crippen LogP contribution < -0.4 is 0 Å². The molecule has 0 saturated heterocycles. The van der Waals surface area contributed by atoms with Gasteiger partial charge in [-0.1, -0.05) is 0 Å². The standard InChI is InChI=1S/H5O3PS/c1-5(2,3)4/h5H,4H2,(H2,1,2,3). The zero-order valence-electron chi connectivity index (χ0n) is 2.33. The van der Waals surface area contributed by atoms with E-state index in [1.165, 1.54) is 8.44 Å². The normalized spacial score (nSPS) is 15.0. The predicted octanol–water partition coefficient (Wildman–Crippen LogP) is -0.261. The maximum absolute atomic E-state index is 9.29. The molecule has 5 heteroatoms. The van der Waals surface area contributed by atoms with E-state index >= 15 is 0 Å². The molecule has 0 aliphatic rings. The predicted molar refractivity (Wildman–Crippen MR) is 24.5 cm³/mol. The van der Waals surface area contributed by atoms with Gasteiger partial charge in [0.25, 0.3) is 0 Å². The van der Waals surface area contributed by atoms with Crippen molar-refractivity contribution < 1.29 is 13.3 Å². The number of hydrogen-bond donors (Lipinski definition) is 3. The van der Waals surface area contributed by atoms with E-state index in [9.17, 15) is 4.21 Å². The Hall–Kier alpha value is 0.500. The zero-order valence-corrected chi connectivity index (χ0v) is 4.38. The molecular weight excluding hydrogens is 111 g/mol. The molecule has 0 spiro atoms. The molecule has 0 bridgehead atoms. The van der Waals surface area contributed by atoms with Crippen molar-refractivity contribution in [2.75, 3.05) is 0 Å². The molecular formula is H5O3PS. The molecule has 2 N–H and O–H groups in total. The van der Waals surface area contributed by atoms with Crippen LogP contribution in [0.1, 0.15) is 0 Å². The highest BCUT2D eigenvalue weighted by Gasteiger charge is 1.82. The van der Waals surface area contributed by atoms with Gasteiger partial charge in [0.15, 0.2) is 0 Å². The fourth-order valence-electron chi connectivity index (χ4n) is 0. The molecule has 0 saturated carbocycles. The van der Waals surface area contributed by atoms with Crippen LogP contribution in [0.3, 0.4) is 0 Å². The van der Waals surface area contributed by atoms with Gasteiger partial charge in [-0.3, -0.25) is 0 Å². The molecule has 0 radical (unpaired) electrons. The van der Waals surface area contributed by atoms with Gasteiger partial charge in [0.2, 0.25) is 0 Å². The third-order valence-corrected chi connectivity index (χ3v) is 0. The van der Waals surface area contributed by atoms with Crippen molar-refractivity contribution in [3.05, 3.63) is 0 Å². The van der Waals surface area contributed by atoms with Gasteiger partial charge in [-0.15, -0.1) is 0 Å². The lowest BCUT2D eigenvalue weighted by Crippen LogP contribution is -1.91. The number of rotatable bonds is 0. The molecule has 0 rings (SSSR count). The first kappa shape index (κ1) is 5.50. The molecule has 0 heterocycles. The zero-order chi connectivity index (χ0) is 4.50. The van der Waals surface area contributed by atoms with Crippen molar-refractivity contribution in [1.29, 1.82) is 0 Å². The Morgan fingerprint density at radius 3 is 1.60 bits per heavy atom. The highest BCUT2D eigenvalue weighted by Crippen LogP contribution is 1.99. The second kappa shape index (κ2) is 1.30. The molecule has 0 aromatic carbocycles. The summed E-state index contributed by atoms with van der Waals surface area (Å²) in [5.41, 5.74) is 0. The number of thiol groups is 1. The van der Waals surface area contributed by atoms with Crippen molar-refractivity contribution in [2.45, 2.75) is 0 Å². The van der Waals surface area contributed by atoms with Crippen LogP contribution in [-0.2, 0) is 10.1 Å². The Balaban J connectivity index is 3.47. The molecule has 0 aliphatic heterocycles. The van der Waals surface area contributed by atoms with Gasteiger partial charge in [-0.25, -0.2) is 4.21 Å². The van der Waals surface area contributed by atoms with Crippen molar-refractivity contribution in [3.8, 4) is 0 Å². The molecule has 5 heavy (non-hydrogen) atoms. The largest absolute Gasteiger partial charge is 0.307 e. The van der Waals surface area contributed by atoms with Crippen LogP contribution in [0.15, 0.2) is 0 Å². The molecule has 0 aromatic rings. The molecule has 0 aromatic heterocycles. The number of hydrogen-bond acceptors (Lipinski definition) is 1. The van der Waals surface area contributed by atoms with Crippen molar-refractivity contribution >= 4 is 18.6 Å². The van der Waals surface area contributed by atoms with Gasteiger partial charge in [0, 0.05) is 0 Å². The topological polar surface area (TPSA) is 57.5 Å². The second-order valence-corrected chi connectivity index (χ2v) is 3.79. The van der Waals surface area contributed by atoms with Crippen molar-refractivity contribution in [1.82, 2.24) is 0 Å². The minimum absolute atomic E-state index is 1.38. The minimum atomic E-state index is -3.72. The summed E-state index contributed by atoms with van der Waals surface area (Å²) in [7, 11) is -2.34. The van der Waals surface area contributed by atoms with E-state index in [1.807, 2.05) is 0 Å². The Labute approximate surface area is 32.8 Å². The second-order valence-electron chi connectivity index (χ2n) is 0.589. The summed E-state index contributed by atoms with van der Waals surface area (Å²) in [5.74, 6) is 0. The first-order valence-electron chi connectivity index (χ1n) is 0.841. The molecule has 0 amide bonds. The van der Waals surface area contributed by atoms with Gasteiger partial charge in [-0.05, 0) is 8.44 Å². The van der Waals surface area contributed by atoms with Crippen molar-refractivity contribution in [3.63, 3.8) is 0 Å². The average Bonchev–Trinajstić information content (AvgIpc) is 0.722. The summed E-state index contributed by atoms with van der Waals surface area (Å²) in [6.45, 7) is 0. The molecule has 1 atom stereocenters. The smallest absolute Gasteiger partial charge is 0.0834 e. The van der Waals surface area contributed by atoms with Crippen LogP contribution in [0.5, 0.6) is 0 Å². The SMILES string of the molecule is O=[SH](O)(O)P. The average molecular weight is 116 g/mol. The third-order valence-electron chi connectivity index (χ3n) is 0. The fraction of sp³-hybridized carbons (Fsp3) is 0. The lowest BCUT2D eigenvalue weighted by atomic mass is 15.8. The lowest BCUT2D eigenvalue weighted by molar-refractivity contribution is 0.446. The van der Waals surface area contributed by atoms with Gasteiger partial charge in [0.05, 0.1) is 10.1 Å². The first-order valence-corrected chi connectivity index (χ1v) is 4.07. The Bertz CT molecular complexity index is 53.0.